The van der Waals surface area contributed by atoms with E-state index in [1.54, 1.807) is 12.1 Å². The van der Waals surface area contributed by atoms with E-state index in [0.29, 0.717) is 11.0 Å². The summed E-state index contributed by atoms with van der Waals surface area (Å²) in [7, 11) is -3.74. The standard InChI is InChI=1S/C11H9BrCl2N2O2S2/c12-6-1-9(13)11(10(14)2-6)16-20(17,18)8-3-7(4-15)19-5-8/h1-3,5,16H,4,15H2. The van der Waals surface area contributed by atoms with Crippen molar-refractivity contribution in [2.24, 2.45) is 5.73 Å². The number of sulfonamides is 1. The number of anilines is 1. The molecule has 1 aromatic carbocycles. The fourth-order valence-electron chi connectivity index (χ4n) is 1.44. The Morgan fingerprint density at radius 3 is 2.35 bits per heavy atom. The van der Waals surface area contributed by atoms with E-state index in [4.69, 9.17) is 28.9 Å². The molecule has 4 nitrogen and oxygen atoms in total. The van der Waals surface area contributed by atoms with Crippen molar-refractivity contribution in [2.45, 2.75) is 11.4 Å². The summed E-state index contributed by atoms with van der Waals surface area (Å²) in [5.41, 5.74) is 5.62. The molecule has 0 amide bonds. The van der Waals surface area contributed by atoms with Crippen LogP contribution >= 0.6 is 50.5 Å². The number of thiophene rings is 1. The minimum atomic E-state index is -3.74. The second-order valence-corrected chi connectivity index (χ2v) is 8.21. The Kier molecular flexibility index (Phi) is 4.99. The molecule has 108 valence electrons. The van der Waals surface area contributed by atoms with Gasteiger partial charge in [-0.1, -0.05) is 39.1 Å². The van der Waals surface area contributed by atoms with Gasteiger partial charge in [-0.15, -0.1) is 11.3 Å². The highest BCUT2D eigenvalue weighted by molar-refractivity contribution is 9.10. The maximum Gasteiger partial charge on any atom is 0.262 e. The van der Waals surface area contributed by atoms with Gasteiger partial charge in [0.2, 0.25) is 0 Å². The van der Waals surface area contributed by atoms with Crippen molar-refractivity contribution >= 4 is 66.2 Å². The van der Waals surface area contributed by atoms with Crippen LogP contribution in [-0.2, 0) is 16.6 Å². The van der Waals surface area contributed by atoms with Gasteiger partial charge in [-0.25, -0.2) is 8.42 Å². The topological polar surface area (TPSA) is 72.2 Å². The van der Waals surface area contributed by atoms with Crippen LogP contribution in [0.5, 0.6) is 0 Å². The van der Waals surface area contributed by atoms with E-state index >= 15 is 0 Å². The highest BCUT2D eigenvalue weighted by atomic mass is 79.9. The Bertz CT molecular complexity index is 724. The average Bonchev–Trinajstić information content (AvgIpc) is 2.83. The third-order valence-corrected chi connectivity index (χ3v) is 5.88. The molecule has 1 heterocycles. The molecule has 3 N–H and O–H groups in total. The predicted molar refractivity (Wildman–Crippen MR) is 87.2 cm³/mol. The zero-order valence-electron chi connectivity index (χ0n) is 9.86. The highest BCUT2D eigenvalue weighted by Crippen LogP contribution is 2.35. The van der Waals surface area contributed by atoms with Gasteiger partial charge in [0.05, 0.1) is 20.6 Å². The Hall–Kier alpha value is -0.310. The first-order valence-electron chi connectivity index (χ1n) is 5.28. The molecular formula is C11H9BrCl2N2O2S2. The summed E-state index contributed by atoms with van der Waals surface area (Å²) in [6, 6.07) is 4.64. The van der Waals surface area contributed by atoms with Gasteiger partial charge >= 0.3 is 0 Å². The largest absolute Gasteiger partial charge is 0.326 e. The molecule has 2 aromatic rings. The summed E-state index contributed by atoms with van der Waals surface area (Å²) in [6.07, 6.45) is 0. The normalized spacial score (nSPS) is 11.6. The van der Waals surface area contributed by atoms with Crippen molar-refractivity contribution in [1.29, 1.82) is 0 Å². The van der Waals surface area contributed by atoms with Gasteiger partial charge in [0.25, 0.3) is 10.0 Å². The van der Waals surface area contributed by atoms with Crippen molar-refractivity contribution in [3.8, 4) is 0 Å². The van der Waals surface area contributed by atoms with Crippen LogP contribution < -0.4 is 10.5 Å². The Morgan fingerprint density at radius 2 is 1.85 bits per heavy atom. The minimum Gasteiger partial charge on any atom is -0.326 e. The van der Waals surface area contributed by atoms with Gasteiger partial charge in [0, 0.05) is 21.3 Å². The summed E-state index contributed by atoms with van der Waals surface area (Å²) in [6.45, 7) is 0.292. The smallest absolute Gasteiger partial charge is 0.262 e. The Labute approximate surface area is 139 Å². The van der Waals surface area contributed by atoms with Crippen molar-refractivity contribution in [1.82, 2.24) is 0 Å². The van der Waals surface area contributed by atoms with E-state index in [0.717, 1.165) is 4.88 Å². The zero-order chi connectivity index (χ0) is 14.9. The molecule has 0 aliphatic heterocycles. The lowest BCUT2D eigenvalue weighted by Crippen LogP contribution is -2.13. The van der Waals surface area contributed by atoms with Crippen molar-refractivity contribution in [3.63, 3.8) is 0 Å². The number of hydrogen-bond donors (Lipinski definition) is 2. The first-order chi connectivity index (χ1) is 9.33. The maximum atomic E-state index is 12.2. The van der Waals surface area contributed by atoms with Gasteiger partial charge in [-0.3, -0.25) is 4.72 Å². The first kappa shape index (κ1) is 16.1. The predicted octanol–water partition coefficient (Wildman–Crippen LogP) is 4.08. The lowest BCUT2D eigenvalue weighted by molar-refractivity contribution is 0.601. The van der Waals surface area contributed by atoms with E-state index in [1.807, 2.05) is 0 Å². The molecule has 0 unspecified atom stereocenters. The molecule has 0 bridgehead atoms. The molecule has 0 spiro atoms. The van der Waals surface area contributed by atoms with Crippen LogP contribution in [0.3, 0.4) is 0 Å². The summed E-state index contributed by atoms with van der Waals surface area (Å²) in [5.74, 6) is 0. The molecule has 2 rings (SSSR count). The fourth-order valence-corrected chi connectivity index (χ4v) is 5.11. The minimum absolute atomic E-state index is 0.137. The Balaban J connectivity index is 2.38. The number of rotatable bonds is 4. The van der Waals surface area contributed by atoms with Crippen molar-refractivity contribution in [2.75, 3.05) is 4.72 Å². The number of nitrogens with two attached hydrogens (primary N) is 1. The molecule has 1 aromatic heterocycles. The molecule has 0 fully saturated rings. The van der Waals surface area contributed by atoms with Crippen LogP contribution in [0.1, 0.15) is 4.88 Å². The van der Waals surface area contributed by atoms with Gasteiger partial charge in [0.15, 0.2) is 0 Å². The zero-order valence-corrected chi connectivity index (χ0v) is 14.6. The fraction of sp³-hybridized carbons (Fsp3) is 0.0909. The summed E-state index contributed by atoms with van der Waals surface area (Å²) in [5, 5.41) is 1.94. The maximum absolute atomic E-state index is 12.2. The monoisotopic (exact) mass is 414 g/mol. The van der Waals surface area contributed by atoms with Crippen molar-refractivity contribution < 1.29 is 8.42 Å². The lowest BCUT2D eigenvalue weighted by atomic mass is 10.3. The van der Waals surface area contributed by atoms with Crippen LogP contribution in [0.25, 0.3) is 0 Å². The van der Waals surface area contributed by atoms with E-state index in [9.17, 15) is 8.42 Å². The van der Waals surface area contributed by atoms with E-state index < -0.39 is 10.0 Å². The van der Waals surface area contributed by atoms with Crippen LogP contribution in [0.15, 0.2) is 32.9 Å². The quantitative estimate of drug-likeness (QED) is 0.790. The van der Waals surface area contributed by atoms with E-state index in [-0.39, 0.29) is 20.6 Å². The van der Waals surface area contributed by atoms with Crippen molar-refractivity contribution in [3.05, 3.63) is 43.0 Å². The number of nitrogens with one attached hydrogen (secondary N) is 1. The number of halogens is 3. The average molecular weight is 416 g/mol. The third-order valence-electron chi connectivity index (χ3n) is 2.38. The number of benzene rings is 1. The van der Waals surface area contributed by atoms with Gasteiger partial charge in [-0.05, 0) is 18.2 Å². The lowest BCUT2D eigenvalue weighted by Gasteiger charge is -2.10. The van der Waals surface area contributed by atoms with E-state index in [1.165, 1.54) is 22.8 Å². The molecule has 9 heteroatoms. The molecule has 0 saturated heterocycles. The van der Waals surface area contributed by atoms with Crippen LogP contribution in [0, 0.1) is 0 Å². The van der Waals surface area contributed by atoms with E-state index in [2.05, 4.69) is 20.7 Å². The molecular weight excluding hydrogens is 407 g/mol. The second-order valence-electron chi connectivity index (χ2n) is 3.80. The third kappa shape index (κ3) is 3.47. The first-order valence-corrected chi connectivity index (χ1v) is 9.19. The molecule has 0 radical (unpaired) electrons. The molecule has 0 atom stereocenters. The molecule has 0 aliphatic carbocycles. The van der Waals surface area contributed by atoms with Crippen LogP contribution in [-0.4, -0.2) is 8.42 Å². The molecule has 20 heavy (non-hydrogen) atoms. The summed E-state index contributed by atoms with van der Waals surface area (Å²) in [4.78, 5) is 0.913. The second kappa shape index (κ2) is 6.21. The summed E-state index contributed by atoms with van der Waals surface area (Å²) >= 11 is 16.5. The van der Waals surface area contributed by atoms with Crippen LogP contribution in [0.4, 0.5) is 5.69 Å². The number of hydrogen-bond acceptors (Lipinski definition) is 4. The van der Waals surface area contributed by atoms with Gasteiger partial charge < -0.3 is 5.73 Å². The van der Waals surface area contributed by atoms with Crippen LogP contribution in [0.2, 0.25) is 10.0 Å². The van der Waals surface area contributed by atoms with Gasteiger partial charge in [0.1, 0.15) is 0 Å². The molecule has 0 saturated carbocycles. The van der Waals surface area contributed by atoms with Gasteiger partial charge in [-0.2, -0.15) is 0 Å². The molecule has 0 aliphatic rings. The summed E-state index contributed by atoms with van der Waals surface area (Å²) < 4.78 is 27.5. The SMILES string of the molecule is NCc1cc(S(=O)(=O)Nc2c(Cl)cc(Br)cc2Cl)cs1. The highest BCUT2D eigenvalue weighted by Gasteiger charge is 2.19. The Morgan fingerprint density at radius 1 is 1.25 bits per heavy atom.